The molecule has 1 amide bonds. The smallest absolute Gasteiger partial charge is 0.410 e. The van der Waals surface area contributed by atoms with Crippen molar-refractivity contribution in [1.29, 1.82) is 0 Å². The molecule has 4 heteroatoms. The van der Waals surface area contributed by atoms with Gasteiger partial charge < -0.3 is 15.0 Å². The van der Waals surface area contributed by atoms with Gasteiger partial charge in [-0.25, -0.2) is 4.79 Å². The van der Waals surface area contributed by atoms with Crippen molar-refractivity contribution < 1.29 is 9.53 Å². The number of carbonyl (C=O) groups excluding carboxylic acids is 1. The molecular weight excluding hydrogens is 204 g/mol. The van der Waals surface area contributed by atoms with Gasteiger partial charge in [-0.3, -0.25) is 0 Å². The van der Waals surface area contributed by atoms with Gasteiger partial charge in [-0.2, -0.15) is 0 Å². The third kappa shape index (κ3) is 2.88. The Bertz CT molecular complexity index is 254. The Morgan fingerprint density at radius 3 is 2.31 bits per heavy atom. The zero-order valence-corrected chi connectivity index (χ0v) is 11.1. The number of ether oxygens (including phenoxy) is 1. The molecule has 1 aliphatic rings. The van der Waals surface area contributed by atoms with Crippen molar-refractivity contribution in [2.45, 2.75) is 51.2 Å². The first kappa shape index (κ1) is 13.3. The van der Waals surface area contributed by atoms with Crippen LogP contribution in [0.25, 0.3) is 0 Å². The molecular formula is C12H24N2O2. The standard InChI is InChI=1S/C12H24N2O2/c1-11(2,3)16-10(15)14(5)12(9-13-4)7-6-8-12/h13H,6-9H2,1-5H3. The number of amides is 1. The summed E-state index contributed by atoms with van der Waals surface area (Å²) < 4.78 is 5.39. The topological polar surface area (TPSA) is 41.6 Å². The number of carbonyl (C=O) groups is 1. The first-order chi connectivity index (χ1) is 7.31. The molecule has 0 heterocycles. The van der Waals surface area contributed by atoms with Crippen molar-refractivity contribution in [1.82, 2.24) is 10.2 Å². The van der Waals surface area contributed by atoms with Gasteiger partial charge in [0.1, 0.15) is 5.60 Å². The summed E-state index contributed by atoms with van der Waals surface area (Å²) in [5.41, 5.74) is -0.451. The van der Waals surface area contributed by atoms with E-state index < -0.39 is 5.60 Å². The fraction of sp³-hybridized carbons (Fsp3) is 0.917. The van der Waals surface area contributed by atoms with Crippen molar-refractivity contribution in [2.24, 2.45) is 0 Å². The second-order valence-corrected chi connectivity index (χ2v) is 5.65. The largest absolute Gasteiger partial charge is 0.444 e. The van der Waals surface area contributed by atoms with Gasteiger partial charge in [-0.1, -0.05) is 0 Å². The average Bonchev–Trinajstić information content (AvgIpc) is 2.07. The maximum Gasteiger partial charge on any atom is 0.410 e. The maximum atomic E-state index is 11.9. The van der Waals surface area contributed by atoms with Crippen LogP contribution in [-0.2, 0) is 4.74 Å². The molecule has 0 aromatic rings. The average molecular weight is 228 g/mol. The highest BCUT2D eigenvalue weighted by molar-refractivity contribution is 5.69. The summed E-state index contributed by atoms with van der Waals surface area (Å²) >= 11 is 0. The minimum Gasteiger partial charge on any atom is -0.444 e. The number of rotatable bonds is 3. The molecule has 1 rings (SSSR count). The van der Waals surface area contributed by atoms with Crippen LogP contribution in [0.4, 0.5) is 4.79 Å². The predicted molar refractivity (Wildman–Crippen MR) is 64.5 cm³/mol. The molecule has 0 saturated heterocycles. The Kier molecular flexibility index (Phi) is 3.84. The summed E-state index contributed by atoms with van der Waals surface area (Å²) in [6.07, 6.45) is 3.09. The molecule has 1 aliphatic carbocycles. The van der Waals surface area contributed by atoms with Crippen LogP contribution in [0.2, 0.25) is 0 Å². The van der Waals surface area contributed by atoms with Crippen molar-refractivity contribution in [3.63, 3.8) is 0 Å². The van der Waals surface area contributed by atoms with Gasteiger partial charge in [0, 0.05) is 13.6 Å². The van der Waals surface area contributed by atoms with E-state index in [0.717, 1.165) is 19.4 Å². The molecule has 94 valence electrons. The van der Waals surface area contributed by atoms with Crippen LogP contribution in [0.15, 0.2) is 0 Å². The van der Waals surface area contributed by atoms with Crippen molar-refractivity contribution in [2.75, 3.05) is 20.6 Å². The summed E-state index contributed by atoms with van der Waals surface area (Å²) in [6, 6.07) is 0. The van der Waals surface area contributed by atoms with Gasteiger partial charge in [0.2, 0.25) is 0 Å². The number of hydrogen-bond acceptors (Lipinski definition) is 3. The lowest BCUT2D eigenvalue weighted by molar-refractivity contribution is -0.0151. The molecule has 1 N–H and O–H groups in total. The summed E-state index contributed by atoms with van der Waals surface area (Å²) in [4.78, 5) is 13.7. The molecule has 4 nitrogen and oxygen atoms in total. The minimum absolute atomic E-state index is 0.0307. The van der Waals surface area contributed by atoms with E-state index in [9.17, 15) is 4.79 Å². The Morgan fingerprint density at radius 2 is 2.00 bits per heavy atom. The fourth-order valence-electron chi connectivity index (χ4n) is 2.07. The Balaban J connectivity index is 2.61. The number of nitrogens with zero attached hydrogens (tertiary/aromatic N) is 1. The van der Waals surface area contributed by atoms with E-state index in [2.05, 4.69) is 5.32 Å². The number of nitrogens with one attached hydrogen (secondary N) is 1. The zero-order chi connectivity index (χ0) is 12.4. The van der Waals surface area contributed by atoms with Gasteiger partial charge in [0.05, 0.1) is 5.54 Å². The fourth-order valence-corrected chi connectivity index (χ4v) is 2.07. The second-order valence-electron chi connectivity index (χ2n) is 5.65. The molecule has 0 aliphatic heterocycles. The maximum absolute atomic E-state index is 11.9. The number of hydrogen-bond donors (Lipinski definition) is 1. The van der Waals surface area contributed by atoms with Crippen LogP contribution in [0, 0.1) is 0 Å². The van der Waals surface area contributed by atoms with E-state index in [0.29, 0.717) is 0 Å². The summed E-state index contributed by atoms with van der Waals surface area (Å²) in [5, 5.41) is 3.16. The Morgan fingerprint density at radius 1 is 1.44 bits per heavy atom. The monoisotopic (exact) mass is 228 g/mol. The first-order valence-electron chi connectivity index (χ1n) is 5.92. The van der Waals surface area contributed by atoms with E-state index in [1.54, 1.807) is 4.90 Å². The first-order valence-corrected chi connectivity index (χ1v) is 5.92. The molecule has 0 atom stereocenters. The highest BCUT2D eigenvalue weighted by atomic mass is 16.6. The predicted octanol–water partition coefficient (Wildman–Crippen LogP) is 2.00. The quantitative estimate of drug-likeness (QED) is 0.803. The summed E-state index contributed by atoms with van der Waals surface area (Å²) in [5.74, 6) is 0. The van der Waals surface area contributed by atoms with Gasteiger partial charge in [-0.15, -0.1) is 0 Å². The third-order valence-electron chi connectivity index (χ3n) is 3.17. The summed E-state index contributed by atoms with van der Waals surface area (Å²) in [7, 11) is 3.76. The molecule has 0 aromatic heterocycles. The molecule has 0 spiro atoms. The van der Waals surface area contributed by atoms with E-state index in [4.69, 9.17) is 4.74 Å². The lowest BCUT2D eigenvalue weighted by atomic mass is 9.75. The van der Waals surface area contributed by atoms with Crippen LogP contribution >= 0.6 is 0 Å². The molecule has 0 aromatic carbocycles. The van der Waals surface area contributed by atoms with Crippen LogP contribution in [0.3, 0.4) is 0 Å². The third-order valence-corrected chi connectivity index (χ3v) is 3.17. The number of likely N-dealkylation sites (N-methyl/N-ethyl adjacent to an activating group) is 2. The van der Waals surface area contributed by atoms with Crippen LogP contribution in [0.1, 0.15) is 40.0 Å². The van der Waals surface area contributed by atoms with Gasteiger partial charge >= 0.3 is 6.09 Å². The van der Waals surface area contributed by atoms with Crippen molar-refractivity contribution in [3.8, 4) is 0 Å². The molecule has 1 saturated carbocycles. The van der Waals surface area contributed by atoms with E-state index in [1.165, 1.54) is 6.42 Å². The van der Waals surface area contributed by atoms with Gasteiger partial charge in [0.15, 0.2) is 0 Å². The highest BCUT2D eigenvalue weighted by Gasteiger charge is 2.43. The van der Waals surface area contributed by atoms with Crippen LogP contribution in [-0.4, -0.2) is 42.8 Å². The normalized spacial score (nSPS) is 18.8. The van der Waals surface area contributed by atoms with Crippen molar-refractivity contribution in [3.05, 3.63) is 0 Å². The zero-order valence-electron chi connectivity index (χ0n) is 11.1. The lowest BCUT2D eigenvalue weighted by Gasteiger charge is -2.48. The minimum atomic E-state index is -0.421. The molecule has 16 heavy (non-hydrogen) atoms. The van der Waals surface area contributed by atoms with Crippen LogP contribution < -0.4 is 5.32 Å². The van der Waals surface area contributed by atoms with E-state index in [1.807, 2.05) is 34.9 Å². The van der Waals surface area contributed by atoms with Crippen molar-refractivity contribution >= 4 is 6.09 Å². The molecule has 0 bridgehead atoms. The Labute approximate surface area is 98.3 Å². The summed E-state index contributed by atoms with van der Waals surface area (Å²) in [6.45, 7) is 6.52. The van der Waals surface area contributed by atoms with Gasteiger partial charge in [0.25, 0.3) is 0 Å². The molecule has 1 fully saturated rings. The van der Waals surface area contributed by atoms with Gasteiger partial charge in [-0.05, 0) is 47.1 Å². The lowest BCUT2D eigenvalue weighted by Crippen LogP contribution is -2.60. The van der Waals surface area contributed by atoms with E-state index >= 15 is 0 Å². The SMILES string of the molecule is CNCC1(N(C)C(=O)OC(C)(C)C)CCC1. The Hall–Kier alpha value is -0.770. The van der Waals surface area contributed by atoms with Crippen LogP contribution in [0.5, 0.6) is 0 Å². The highest BCUT2D eigenvalue weighted by Crippen LogP contribution is 2.37. The van der Waals surface area contributed by atoms with E-state index in [-0.39, 0.29) is 11.6 Å². The second kappa shape index (κ2) is 4.62. The molecule has 0 unspecified atom stereocenters. The molecule has 0 radical (unpaired) electrons.